The van der Waals surface area contributed by atoms with E-state index >= 15 is 0 Å². The number of hydrogen-bond acceptors (Lipinski definition) is 26. The van der Waals surface area contributed by atoms with Crippen LogP contribution in [0.3, 0.4) is 0 Å². The molecular formula is C67H86Cl3N17O12. The summed E-state index contributed by atoms with van der Waals surface area (Å²) in [5.41, 5.74) is 16.7. The van der Waals surface area contributed by atoms with Gasteiger partial charge in [0.25, 0.3) is 0 Å². The second-order valence-electron chi connectivity index (χ2n) is 28.2. The van der Waals surface area contributed by atoms with Gasteiger partial charge in [-0.1, -0.05) is 34.8 Å². The molecule has 29 nitrogen and oxygen atoms in total. The van der Waals surface area contributed by atoms with E-state index in [1.807, 2.05) is 93.4 Å². The molecule has 0 aromatic carbocycles. The maximum atomic E-state index is 12.4. The fourth-order valence-corrected chi connectivity index (χ4v) is 16.2. The first-order valence-electron chi connectivity index (χ1n) is 33.7. The van der Waals surface area contributed by atoms with Crippen molar-refractivity contribution >= 4 is 80.8 Å². The van der Waals surface area contributed by atoms with Gasteiger partial charge in [0.15, 0.2) is 84.6 Å². The molecule has 0 amide bonds. The number of nitrogens with one attached hydrogen (secondary N) is 2. The molecule has 8 aromatic rings. The lowest BCUT2D eigenvalue weighted by atomic mass is 9.98. The van der Waals surface area contributed by atoms with Crippen LogP contribution in [0.1, 0.15) is 154 Å². The van der Waals surface area contributed by atoms with Gasteiger partial charge < -0.3 is 75.3 Å². The number of ketones is 1. The Labute approximate surface area is 586 Å². The highest BCUT2D eigenvalue weighted by Gasteiger charge is 2.54. The van der Waals surface area contributed by atoms with Crippen LogP contribution < -0.4 is 22.1 Å². The molecule has 16 atom stereocenters. The highest BCUT2D eigenvalue weighted by Crippen LogP contribution is 2.49. The Morgan fingerprint density at radius 2 is 0.889 bits per heavy atom. The van der Waals surface area contributed by atoms with E-state index in [4.69, 9.17) is 84.2 Å². The predicted molar refractivity (Wildman–Crippen MR) is 364 cm³/mol. The number of nitrogen functional groups attached to an aromatic ring is 2. The number of hydrogen-bond donors (Lipinski definition) is 7. The summed E-state index contributed by atoms with van der Waals surface area (Å²) in [4.78, 5) is 53.5. The second kappa shape index (κ2) is 28.6. The normalized spacial score (nSPS) is 31.0. The first kappa shape index (κ1) is 70.7. The summed E-state index contributed by atoms with van der Waals surface area (Å²) >= 11 is 17.9. The number of fused-ring (bicyclic) bond motifs is 7. The zero-order chi connectivity index (χ0) is 69.9. The van der Waals surface area contributed by atoms with Crippen LogP contribution in [0.15, 0.2) is 80.6 Å². The molecular weight excluding hydrogens is 1340 g/mol. The van der Waals surface area contributed by atoms with Crippen LogP contribution in [-0.4, -0.2) is 188 Å². The van der Waals surface area contributed by atoms with Gasteiger partial charge in [0.1, 0.15) is 0 Å². The minimum atomic E-state index is -0.732. The van der Waals surface area contributed by atoms with E-state index in [2.05, 4.69) is 60.5 Å². The fraction of sp³-hybridized carbons (Fsp3) is 0.597. The molecule has 0 radical (unpaired) electrons. The van der Waals surface area contributed by atoms with Crippen molar-refractivity contribution < 1.29 is 58.0 Å². The van der Waals surface area contributed by atoms with E-state index in [0.29, 0.717) is 69.4 Å². The van der Waals surface area contributed by atoms with Crippen LogP contribution >= 0.6 is 34.8 Å². The number of carbonyl (C=O) groups excluding carboxylic acids is 1. The summed E-state index contributed by atoms with van der Waals surface area (Å²) in [5.74, 6) is 0.0703. The maximum absolute atomic E-state index is 12.4. The molecule has 9 N–H and O–H groups in total. The first-order chi connectivity index (χ1) is 47.2. The third-order valence-corrected chi connectivity index (χ3v) is 20.6. The lowest BCUT2D eigenvalue weighted by molar-refractivity contribution is -0.160. The number of aliphatic hydroxyl groups excluding tert-OH is 3. The largest absolute Gasteiger partial charge is 0.391 e. The fourth-order valence-electron chi connectivity index (χ4n) is 15.6. The van der Waals surface area contributed by atoms with Gasteiger partial charge in [0, 0.05) is 134 Å². The number of rotatable bonds is 11. The van der Waals surface area contributed by atoms with Gasteiger partial charge in [-0.3, -0.25) is 18.0 Å². The summed E-state index contributed by atoms with van der Waals surface area (Å²) in [6, 6.07) is 0. The van der Waals surface area contributed by atoms with Crippen LogP contribution in [0.5, 0.6) is 0 Å². The molecule has 9 aliphatic rings. The van der Waals surface area contributed by atoms with Gasteiger partial charge in [0.05, 0.1) is 73.7 Å². The lowest BCUT2D eigenvalue weighted by Crippen LogP contribution is -2.36. The van der Waals surface area contributed by atoms with E-state index < -0.39 is 41.5 Å². The third-order valence-electron chi connectivity index (χ3n) is 19.8. The Morgan fingerprint density at radius 3 is 1.40 bits per heavy atom. The predicted octanol–water partition coefficient (Wildman–Crippen LogP) is 8.27. The molecule has 4 aliphatic heterocycles. The number of Topliss-reactive ketones (excluding diaryl/α,β-unsaturated/α-hetero) is 1. The molecule has 9 fully saturated rings. The van der Waals surface area contributed by atoms with Gasteiger partial charge in [-0.2, -0.15) is 0 Å². The average molecular weight is 1430 g/mol. The number of ether oxygens (including phenoxy) is 8. The lowest BCUT2D eigenvalue weighted by Gasteiger charge is -2.25. The Hall–Kier alpha value is -6.68. The molecule has 0 bridgehead atoms. The number of anilines is 4. The summed E-state index contributed by atoms with van der Waals surface area (Å²) < 4.78 is 53.3. The average Bonchev–Trinajstić information content (AvgIpc) is 1.62. The Morgan fingerprint density at radius 1 is 0.485 bits per heavy atom. The monoisotopic (exact) mass is 1430 g/mol. The molecule has 5 aliphatic carbocycles. The van der Waals surface area contributed by atoms with Crippen LogP contribution in [-0.2, 0) is 42.7 Å². The van der Waals surface area contributed by atoms with Crippen molar-refractivity contribution in [3.05, 3.63) is 113 Å². The minimum absolute atomic E-state index is 0.0223. The zero-order valence-electron chi connectivity index (χ0n) is 56.3. The van der Waals surface area contributed by atoms with E-state index in [0.717, 1.165) is 74.9 Å². The van der Waals surface area contributed by atoms with Crippen molar-refractivity contribution in [3.63, 3.8) is 0 Å². The number of aromatic nitrogens is 13. The van der Waals surface area contributed by atoms with E-state index in [9.17, 15) is 20.1 Å². The van der Waals surface area contributed by atoms with Gasteiger partial charge in [0.2, 0.25) is 0 Å². The van der Waals surface area contributed by atoms with Gasteiger partial charge >= 0.3 is 0 Å². The van der Waals surface area contributed by atoms with Crippen LogP contribution in [0, 0.1) is 11.8 Å². The number of imidazole rings is 3. The smallest absolute Gasteiger partial charge is 0.180 e. The highest BCUT2D eigenvalue weighted by molar-refractivity contribution is 6.32. The van der Waals surface area contributed by atoms with Crippen molar-refractivity contribution in [2.24, 2.45) is 11.8 Å². The molecule has 32 heteroatoms. The zero-order valence-corrected chi connectivity index (χ0v) is 58.6. The summed E-state index contributed by atoms with van der Waals surface area (Å²) in [7, 11) is 0. The Bertz CT molecular complexity index is 4050. The number of carbonyl (C=O) groups is 1. The number of nitrogens with zero attached hydrogens (tertiary/aromatic N) is 13. The summed E-state index contributed by atoms with van der Waals surface area (Å²) in [6.45, 7) is 16.0. The quantitative estimate of drug-likeness (QED) is 0.0640. The molecule has 0 spiro atoms. The first-order valence-corrected chi connectivity index (χ1v) is 34.9. The number of nitrogens with two attached hydrogens (primary N) is 2. The van der Waals surface area contributed by atoms with E-state index in [1.165, 1.54) is 18.6 Å². The second-order valence-corrected chi connectivity index (χ2v) is 29.3. The number of aliphatic hydroxyl groups is 3. The maximum Gasteiger partial charge on any atom is 0.180 e. The molecule has 17 rings (SSSR count). The molecule has 1 unspecified atom stereocenters. The molecule has 4 saturated heterocycles. The Balaban J connectivity index is 0.000000111. The van der Waals surface area contributed by atoms with Gasteiger partial charge in [-0.15, -0.1) is 0 Å². The number of halogens is 3. The summed E-state index contributed by atoms with van der Waals surface area (Å²) in [5, 5.41) is 36.9. The standard InChI is InChI=1S/C14H20ClN3O3.C14H18ClN3O3.C14H16ClN3O2.C14H18N4O2.C11H14N4O2/c2*1-14(2)20-10-4-3-8(11(10)21-14)9(19)7-18-13-12(15)16-5-6-17-13;2*1-14(2)19-10-4-3-8(11(10)20-14)9-7-17-13-12(15)16-5-6-18(9)13;12-10-11-14-5-7(15(11)4-3-13-10)6-1-2-8(16)9(6)17/h5-6,8-11,19H,3-4,7H2,1-2H3,(H,17,18);5-6,8,10-11H,3-4,7H2,1-2H3,(H,17,18);5-8,10-11H,3-4H2,1-2H3;5-8,10-11H,3-4H2,1-2H3,(H2,15,16);3-6,8-9,16-17H,1-2H2,(H2,12,13)/t8-,9?,10+,11-;3*8-,10+,11-;6-,8+,9-/m00000/s1. The molecule has 532 valence electrons. The van der Waals surface area contributed by atoms with Crippen LogP contribution in [0.4, 0.5) is 23.3 Å². The summed E-state index contributed by atoms with van der Waals surface area (Å²) in [6.07, 6.45) is 29.6. The van der Waals surface area contributed by atoms with Crippen LogP contribution in [0.25, 0.3) is 16.9 Å². The van der Waals surface area contributed by atoms with Crippen LogP contribution in [0.2, 0.25) is 15.5 Å². The van der Waals surface area contributed by atoms with Crippen molar-refractivity contribution in [3.8, 4) is 0 Å². The SMILES string of the molecule is CC1(C)O[C@@H]2[C@@H](CC[C@H]2C(=O)CNc2nccnc2Cl)O1.CC1(C)O[C@@H]2[C@@H](CC[C@H]2C(O)CNc2nccnc2Cl)O1.CC1(C)O[C@@H]2[C@@H](CC[C@H]2c2cnc3c(Cl)nccn23)O1.CC1(C)O[C@@H]2[C@@H](CC[C@H]2c2cnc3c(N)nccn23)O1.Nc1nccn2c([C@@H]3CC[C@@H](O)[C@H]3O)cnc12. The topological polar surface area (TPSA) is 370 Å². The highest BCUT2D eigenvalue weighted by atomic mass is 35.5. The minimum Gasteiger partial charge on any atom is -0.391 e. The molecule has 5 saturated carbocycles. The third kappa shape index (κ3) is 15.1. The van der Waals surface area contributed by atoms with Crippen molar-refractivity contribution in [1.82, 2.24) is 63.0 Å². The van der Waals surface area contributed by atoms with Crippen molar-refractivity contribution in [2.75, 3.05) is 35.2 Å². The van der Waals surface area contributed by atoms with E-state index in [-0.39, 0.29) is 90.0 Å². The van der Waals surface area contributed by atoms with Gasteiger partial charge in [-0.05, 0) is 120 Å². The molecule has 99 heavy (non-hydrogen) atoms. The molecule has 12 heterocycles. The van der Waals surface area contributed by atoms with E-state index in [1.54, 1.807) is 37.2 Å². The van der Waals surface area contributed by atoms with Crippen molar-refractivity contribution in [1.29, 1.82) is 0 Å². The van der Waals surface area contributed by atoms with Crippen molar-refractivity contribution in [2.45, 2.75) is 228 Å². The van der Waals surface area contributed by atoms with Gasteiger partial charge in [-0.25, -0.2) is 49.8 Å². The Kier molecular flexibility index (Phi) is 20.5. The molecule has 8 aromatic heterocycles.